The number of benzene rings is 1. The highest BCUT2D eigenvalue weighted by molar-refractivity contribution is 5.82. The fourth-order valence-corrected chi connectivity index (χ4v) is 2.34. The number of amides is 1. The zero-order valence-electron chi connectivity index (χ0n) is 12.6. The first-order chi connectivity index (χ1) is 9.32. The number of ether oxygens (including phenoxy) is 1. The highest BCUT2D eigenvalue weighted by Gasteiger charge is 2.46. The van der Waals surface area contributed by atoms with E-state index < -0.39 is 11.7 Å². The van der Waals surface area contributed by atoms with E-state index in [1.165, 1.54) is 0 Å². The maximum Gasteiger partial charge on any atom is 0.263 e. The number of likely N-dealkylation sites (tertiary alicyclic amines) is 1. The molecule has 0 aromatic heterocycles. The summed E-state index contributed by atoms with van der Waals surface area (Å²) in [7, 11) is 0. The largest absolute Gasteiger partial charge is 0.481 e. The van der Waals surface area contributed by atoms with Crippen LogP contribution in [0.5, 0.6) is 5.75 Å². The molecule has 1 fully saturated rings. The highest BCUT2D eigenvalue weighted by Crippen LogP contribution is 2.29. The third-order valence-electron chi connectivity index (χ3n) is 3.97. The van der Waals surface area contributed by atoms with Crippen LogP contribution >= 0.6 is 0 Å². The van der Waals surface area contributed by atoms with Crippen LogP contribution in [0.1, 0.15) is 26.3 Å². The first-order valence-corrected chi connectivity index (χ1v) is 7.06. The second kappa shape index (κ2) is 5.44. The summed E-state index contributed by atoms with van der Waals surface area (Å²) in [5.74, 6) is 0.780. The zero-order chi connectivity index (χ0) is 14.9. The average Bonchev–Trinajstić information content (AvgIpc) is 2.33. The van der Waals surface area contributed by atoms with Crippen LogP contribution < -0.4 is 4.74 Å². The third-order valence-corrected chi connectivity index (χ3v) is 3.97. The predicted octanol–water partition coefficient (Wildman–Crippen LogP) is 1.99. The van der Waals surface area contributed by atoms with Crippen molar-refractivity contribution >= 4 is 5.91 Å². The summed E-state index contributed by atoms with van der Waals surface area (Å²) in [6.45, 7) is 8.45. The van der Waals surface area contributed by atoms with Gasteiger partial charge in [0.25, 0.3) is 5.91 Å². The van der Waals surface area contributed by atoms with Gasteiger partial charge in [-0.25, -0.2) is 0 Å². The van der Waals surface area contributed by atoms with Crippen LogP contribution in [0.25, 0.3) is 0 Å². The Morgan fingerprint density at radius 3 is 2.55 bits per heavy atom. The standard InChI is InChI=1S/C16H23NO3/c1-11(2)16(19)9-17(10-16)15(18)13(4)20-14-7-5-6-12(3)8-14/h5-8,11,13,19H,9-10H2,1-4H3. The van der Waals surface area contributed by atoms with Crippen LogP contribution in [0, 0.1) is 12.8 Å². The fraction of sp³-hybridized carbons (Fsp3) is 0.562. The second-order valence-corrected chi connectivity index (χ2v) is 6.03. The van der Waals surface area contributed by atoms with Gasteiger partial charge in [0.2, 0.25) is 0 Å². The van der Waals surface area contributed by atoms with E-state index >= 15 is 0 Å². The Bertz CT molecular complexity index is 492. The maximum atomic E-state index is 12.2. The Hall–Kier alpha value is -1.55. The van der Waals surface area contributed by atoms with Gasteiger partial charge in [0, 0.05) is 0 Å². The number of carbonyl (C=O) groups excluding carboxylic acids is 1. The molecule has 0 saturated carbocycles. The Balaban J connectivity index is 1.91. The Morgan fingerprint density at radius 1 is 1.35 bits per heavy atom. The Kier molecular flexibility index (Phi) is 4.04. The lowest BCUT2D eigenvalue weighted by atomic mass is 9.83. The molecule has 1 aliphatic rings. The van der Waals surface area contributed by atoms with Crippen molar-refractivity contribution in [3.8, 4) is 5.75 Å². The van der Waals surface area contributed by atoms with Gasteiger partial charge in [0.15, 0.2) is 6.10 Å². The van der Waals surface area contributed by atoms with Crippen molar-refractivity contribution in [1.29, 1.82) is 0 Å². The van der Waals surface area contributed by atoms with Crippen LogP contribution in [0.4, 0.5) is 0 Å². The minimum atomic E-state index is -0.737. The minimum Gasteiger partial charge on any atom is -0.481 e. The van der Waals surface area contributed by atoms with E-state index in [1.54, 1.807) is 11.8 Å². The summed E-state index contributed by atoms with van der Waals surface area (Å²) >= 11 is 0. The lowest BCUT2D eigenvalue weighted by molar-refractivity contribution is -0.169. The molecule has 0 aliphatic carbocycles. The Morgan fingerprint density at radius 2 is 2.00 bits per heavy atom. The van der Waals surface area contributed by atoms with Crippen molar-refractivity contribution in [2.24, 2.45) is 5.92 Å². The molecule has 4 heteroatoms. The number of β-amino-alcohol motifs (C(OH)–C–C–N with tert-alkyl or cyclic N) is 1. The van der Waals surface area contributed by atoms with E-state index in [2.05, 4.69) is 0 Å². The SMILES string of the molecule is Cc1cccc(OC(C)C(=O)N2CC(O)(C(C)C)C2)c1. The van der Waals surface area contributed by atoms with E-state index in [4.69, 9.17) is 4.74 Å². The molecule has 0 bridgehead atoms. The molecule has 1 amide bonds. The smallest absolute Gasteiger partial charge is 0.263 e. The molecule has 1 aromatic carbocycles. The van der Waals surface area contributed by atoms with Gasteiger partial charge in [-0.2, -0.15) is 0 Å². The zero-order valence-corrected chi connectivity index (χ0v) is 12.6. The Labute approximate surface area is 120 Å². The van der Waals surface area contributed by atoms with Gasteiger partial charge in [0.1, 0.15) is 11.4 Å². The van der Waals surface area contributed by atoms with Crippen molar-refractivity contribution in [3.05, 3.63) is 29.8 Å². The third kappa shape index (κ3) is 2.96. The molecule has 1 heterocycles. The topological polar surface area (TPSA) is 49.8 Å². The van der Waals surface area contributed by atoms with Crippen LogP contribution in [-0.2, 0) is 4.79 Å². The summed E-state index contributed by atoms with van der Waals surface area (Å²) in [6.07, 6.45) is -0.534. The number of hydrogen-bond donors (Lipinski definition) is 1. The molecule has 1 unspecified atom stereocenters. The number of aliphatic hydroxyl groups is 1. The van der Waals surface area contributed by atoms with Crippen molar-refractivity contribution in [3.63, 3.8) is 0 Å². The molecule has 1 N–H and O–H groups in total. The quantitative estimate of drug-likeness (QED) is 0.915. The second-order valence-electron chi connectivity index (χ2n) is 6.03. The molecule has 4 nitrogen and oxygen atoms in total. The van der Waals surface area contributed by atoms with Crippen LogP contribution in [0.3, 0.4) is 0 Å². The number of aryl methyl sites for hydroxylation is 1. The van der Waals surface area contributed by atoms with Crippen molar-refractivity contribution in [2.45, 2.75) is 39.4 Å². The van der Waals surface area contributed by atoms with E-state index in [9.17, 15) is 9.90 Å². The first kappa shape index (κ1) is 14.9. The molecule has 0 radical (unpaired) electrons. The number of hydrogen-bond acceptors (Lipinski definition) is 3. The summed E-state index contributed by atoms with van der Waals surface area (Å²) in [6, 6.07) is 7.64. The van der Waals surface area contributed by atoms with E-state index in [1.807, 2.05) is 45.0 Å². The normalized spacial score (nSPS) is 18.6. The summed E-state index contributed by atoms with van der Waals surface area (Å²) in [5.41, 5.74) is 0.360. The highest BCUT2D eigenvalue weighted by atomic mass is 16.5. The summed E-state index contributed by atoms with van der Waals surface area (Å²) in [4.78, 5) is 13.9. The molecular weight excluding hydrogens is 254 g/mol. The van der Waals surface area contributed by atoms with Gasteiger partial charge in [-0.05, 0) is 37.5 Å². The molecule has 20 heavy (non-hydrogen) atoms. The molecule has 0 spiro atoms. The lowest BCUT2D eigenvalue weighted by Crippen LogP contribution is -2.67. The maximum absolute atomic E-state index is 12.2. The number of rotatable bonds is 4. The minimum absolute atomic E-state index is 0.0724. The van der Waals surface area contributed by atoms with Gasteiger partial charge < -0.3 is 14.7 Å². The molecule has 1 aromatic rings. The van der Waals surface area contributed by atoms with Crippen molar-refractivity contribution in [1.82, 2.24) is 4.90 Å². The number of nitrogens with zero attached hydrogens (tertiary/aromatic N) is 1. The molecular formula is C16H23NO3. The van der Waals surface area contributed by atoms with E-state index in [0.29, 0.717) is 18.8 Å². The molecule has 2 rings (SSSR count). The van der Waals surface area contributed by atoms with Gasteiger partial charge in [0.05, 0.1) is 13.1 Å². The summed E-state index contributed by atoms with van der Waals surface area (Å²) < 4.78 is 5.67. The first-order valence-electron chi connectivity index (χ1n) is 7.06. The van der Waals surface area contributed by atoms with Crippen LogP contribution in [-0.4, -0.2) is 40.7 Å². The van der Waals surface area contributed by atoms with E-state index in [-0.39, 0.29) is 11.8 Å². The average molecular weight is 277 g/mol. The number of carbonyl (C=O) groups is 1. The van der Waals surface area contributed by atoms with Gasteiger partial charge in [-0.1, -0.05) is 26.0 Å². The molecule has 1 aliphatic heterocycles. The molecule has 110 valence electrons. The van der Waals surface area contributed by atoms with Gasteiger partial charge >= 0.3 is 0 Å². The van der Waals surface area contributed by atoms with Crippen molar-refractivity contribution in [2.75, 3.05) is 13.1 Å². The molecule has 1 atom stereocenters. The van der Waals surface area contributed by atoms with Gasteiger partial charge in [-0.15, -0.1) is 0 Å². The lowest BCUT2D eigenvalue weighted by Gasteiger charge is -2.49. The van der Waals surface area contributed by atoms with Gasteiger partial charge in [-0.3, -0.25) is 4.79 Å². The summed E-state index contributed by atoms with van der Waals surface area (Å²) in [5, 5.41) is 10.2. The van der Waals surface area contributed by atoms with Crippen LogP contribution in [0.2, 0.25) is 0 Å². The fourth-order valence-electron chi connectivity index (χ4n) is 2.34. The van der Waals surface area contributed by atoms with E-state index in [0.717, 1.165) is 5.56 Å². The molecule has 1 saturated heterocycles. The van der Waals surface area contributed by atoms with Crippen molar-refractivity contribution < 1.29 is 14.6 Å². The predicted molar refractivity (Wildman–Crippen MR) is 77.6 cm³/mol. The van der Waals surface area contributed by atoms with Crippen LogP contribution in [0.15, 0.2) is 24.3 Å². The monoisotopic (exact) mass is 277 g/mol.